The molecule has 9 heteroatoms. The van der Waals surface area contributed by atoms with Crippen molar-refractivity contribution < 1.29 is 9.59 Å². The first-order chi connectivity index (χ1) is 16.4. The highest BCUT2D eigenvalue weighted by molar-refractivity contribution is 7.17. The summed E-state index contributed by atoms with van der Waals surface area (Å²) in [5.41, 5.74) is 7.76. The van der Waals surface area contributed by atoms with E-state index in [0.717, 1.165) is 34.1 Å². The third-order valence-electron chi connectivity index (χ3n) is 6.08. The van der Waals surface area contributed by atoms with Gasteiger partial charge in [0.1, 0.15) is 18.4 Å². The molecule has 1 fully saturated rings. The van der Waals surface area contributed by atoms with E-state index in [1.54, 1.807) is 12.2 Å². The second kappa shape index (κ2) is 10.6. The molecule has 0 spiro atoms. The van der Waals surface area contributed by atoms with Crippen molar-refractivity contribution in [3.8, 4) is 0 Å². The quantitative estimate of drug-likeness (QED) is 0.387. The number of hydrogen-bond donors (Lipinski definition) is 1. The van der Waals surface area contributed by atoms with Gasteiger partial charge in [-0.15, -0.1) is 11.3 Å². The number of piperazine rings is 1. The number of hydrogen-bond acceptors (Lipinski definition) is 7. The zero-order valence-corrected chi connectivity index (χ0v) is 20.8. The maximum absolute atomic E-state index is 13.1. The highest BCUT2D eigenvalue weighted by Crippen LogP contribution is 2.27. The SMILES string of the molecule is CC(C)C[C@H]1C(C=O)N(Cc2ccc3c(N)ncnc3c2)CCN1C(=O)C=Cc1ccc(Cl)s1. The molecule has 1 saturated heterocycles. The number of rotatable bonds is 7. The summed E-state index contributed by atoms with van der Waals surface area (Å²) in [5, 5.41) is 0.810. The van der Waals surface area contributed by atoms with Gasteiger partial charge in [0.15, 0.2) is 0 Å². The Morgan fingerprint density at radius 1 is 1.26 bits per heavy atom. The number of carbonyl (C=O) groups is 2. The predicted molar refractivity (Wildman–Crippen MR) is 138 cm³/mol. The average molecular weight is 498 g/mol. The molecule has 4 rings (SSSR count). The van der Waals surface area contributed by atoms with E-state index >= 15 is 0 Å². The van der Waals surface area contributed by atoms with Crippen LogP contribution in [-0.4, -0.2) is 57.1 Å². The summed E-state index contributed by atoms with van der Waals surface area (Å²) in [7, 11) is 0. The summed E-state index contributed by atoms with van der Waals surface area (Å²) in [6.45, 7) is 5.97. The minimum absolute atomic E-state index is 0.0837. The molecule has 1 amide bonds. The first-order valence-corrected chi connectivity index (χ1v) is 12.5. The highest BCUT2D eigenvalue weighted by atomic mass is 35.5. The van der Waals surface area contributed by atoms with Crippen molar-refractivity contribution in [3.63, 3.8) is 0 Å². The summed E-state index contributed by atoms with van der Waals surface area (Å²) < 4.78 is 0.683. The lowest BCUT2D eigenvalue weighted by Gasteiger charge is -2.46. The number of nitrogens with zero attached hydrogens (tertiary/aromatic N) is 4. The molecule has 3 aromatic rings. The first kappa shape index (κ1) is 24.3. The molecule has 1 aromatic carbocycles. The topological polar surface area (TPSA) is 92.4 Å². The Kier molecular flexibility index (Phi) is 7.60. The van der Waals surface area contributed by atoms with Gasteiger partial charge in [0, 0.05) is 36.0 Å². The van der Waals surface area contributed by atoms with Gasteiger partial charge in [-0.1, -0.05) is 31.5 Å². The number of halogens is 1. The second-order valence-corrected chi connectivity index (χ2v) is 10.7. The van der Waals surface area contributed by atoms with E-state index in [4.69, 9.17) is 17.3 Å². The van der Waals surface area contributed by atoms with Crippen LogP contribution >= 0.6 is 22.9 Å². The Balaban J connectivity index is 1.54. The predicted octanol–water partition coefficient (Wildman–Crippen LogP) is 4.27. The van der Waals surface area contributed by atoms with Gasteiger partial charge < -0.3 is 15.4 Å². The lowest BCUT2D eigenvalue weighted by atomic mass is 9.92. The van der Waals surface area contributed by atoms with Crippen molar-refractivity contribution in [1.82, 2.24) is 19.8 Å². The Bertz CT molecular complexity index is 1210. The Hall–Kier alpha value is -2.81. The Morgan fingerprint density at radius 2 is 2.09 bits per heavy atom. The third kappa shape index (κ3) is 5.46. The number of fused-ring (bicyclic) bond motifs is 1. The summed E-state index contributed by atoms with van der Waals surface area (Å²) >= 11 is 7.42. The highest BCUT2D eigenvalue weighted by Gasteiger charge is 2.38. The largest absolute Gasteiger partial charge is 0.383 e. The van der Waals surface area contributed by atoms with Crippen molar-refractivity contribution in [1.29, 1.82) is 0 Å². The van der Waals surface area contributed by atoms with Gasteiger partial charge in [0.05, 0.1) is 21.9 Å². The fourth-order valence-corrected chi connectivity index (χ4v) is 5.45. The number of aromatic nitrogens is 2. The van der Waals surface area contributed by atoms with E-state index in [2.05, 4.69) is 28.7 Å². The second-order valence-electron chi connectivity index (χ2n) is 8.91. The molecule has 2 atom stereocenters. The molecular formula is C25H28ClN5O2S. The summed E-state index contributed by atoms with van der Waals surface area (Å²) in [5.74, 6) is 0.701. The minimum atomic E-state index is -0.393. The molecular weight excluding hydrogens is 470 g/mol. The van der Waals surface area contributed by atoms with Crippen molar-refractivity contribution in [2.75, 3.05) is 18.8 Å². The molecule has 1 aliphatic rings. The van der Waals surface area contributed by atoms with Crippen molar-refractivity contribution in [2.45, 2.75) is 38.9 Å². The number of benzene rings is 1. The molecule has 1 aliphatic heterocycles. The zero-order chi connectivity index (χ0) is 24.2. The summed E-state index contributed by atoms with van der Waals surface area (Å²) in [6.07, 6.45) is 6.55. The summed E-state index contributed by atoms with van der Waals surface area (Å²) in [4.78, 5) is 38.7. The number of thiophene rings is 1. The van der Waals surface area contributed by atoms with Crippen LogP contribution in [0.2, 0.25) is 4.34 Å². The van der Waals surface area contributed by atoms with E-state index in [0.29, 0.717) is 35.7 Å². The van der Waals surface area contributed by atoms with Gasteiger partial charge in [0.25, 0.3) is 0 Å². The number of nitrogens with two attached hydrogens (primary N) is 1. The van der Waals surface area contributed by atoms with Crippen LogP contribution in [0.1, 0.15) is 30.7 Å². The number of amides is 1. The van der Waals surface area contributed by atoms with Crippen LogP contribution in [0.4, 0.5) is 5.82 Å². The Morgan fingerprint density at radius 3 is 2.79 bits per heavy atom. The van der Waals surface area contributed by atoms with Gasteiger partial charge in [0.2, 0.25) is 5.91 Å². The van der Waals surface area contributed by atoms with Gasteiger partial charge in [-0.05, 0) is 48.2 Å². The lowest BCUT2D eigenvalue weighted by Crippen LogP contribution is -2.61. The molecule has 7 nitrogen and oxygen atoms in total. The van der Waals surface area contributed by atoms with E-state index in [-0.39, 0.29) is 11.9 Å². The number of anilines is 1. The molecule has 0 saturated carbocycles. The molecule has 1 unspecified atom stereocenters. The molecule has 0 aliphatic carbocycles. The molecule has 0 radical (unpaired) electrons. The first-order valence-electron chi connectivity index (χ1n) is 11.3. The van der Waals surface area contributed by atoms with Crippen LogP contribution in [0, 0.1) is 5.92 Å². The van der Waals surface area contributed by atoms with Crippen LogP contribution in [0.15, 0.2) is 42.7 Å². The molecule has 34 heavy (non-hydrogen) atoms. The average Bonchev–Trinajstić information content (AvgIpc) is 3.22. The molecule has 2 N–H and O–H groups in total. The van der Waals surface area contributed by atoms with Crippen molar-refractivity contribution in [2.24, 2.45) is 5.92 Å². The fourth-order valence-electron chi connectivity index (χ4n) is 4.49. The van der Waals surface area contributed by atoms with Crippen LogP contribution in [0.3, 0.4) is 0 Å². The van der Waals surface area contributed by atoms with Crippen LogP contribution in [-0.2, 0) is 16.1 Å². The van der Waals surface area contributed by atoms with Crippen molar-refractivity contribution >= 4 is 57.9 Å². The van der Waals surface area contributed by atoms with Crippen molar-refractivity contribution in [3.05, 3.63) is 57.5 Å². The van der Waals surface area contributed by atoms with E-state index in [1.165, 1.54) is 17.7 Å². The van der Waals surface area contributed by atoms with Gasteiger partial charge in [-0.3, -0.25) is 9.69 Å². The van der Waals surface area contributed by atoms with Crippen LogP contribution in [0.25, 0.3) is 17.0 Å². The molecule has 3 heterocycles. The molecule has 0 bridgehead atoms. The third-order valence-corrected chi connectivity index (χ3v) is 7.28. The summed E-state index contributed by atoms with van der Waals surface area (Å²) in [6, 6.07) is 9.00. The monoisotopic (exact) mass is 497 g/mol. The molecule has 2 aromatic heterocycles. The maximum Gasteiger partial charge on any atom is 0.246 e. The number of carbonyl (C=O) groups excluding carboxylic acids is 2. The van der Waals surface area contributed by atoms with Crippen LogP contribution < -0.4 is 5.73 Å². The smallest absolute Gasteiger partial charge is 0.246 e. The van der Waals surface area contributed by atoms with Crippen LogP contribution in [0.5, 0.6) is 0 Å². The number of aldehydes is 1. The fraction of sp³-hybridized carbons (Fsp3) is 0.360. The maximum atomic E-state index is 13.1. The number of nitrogen functional groups attached to an aromatic ring is 1. The van der Waals surface area contributed by atoms with E-state index < -0.39 is 6.04 Å². The van der Waals surface area contributed by atoms with Gasteiger partial charge in [-0.25, -0.2) is 9.97 Å². The van der Waals surface area contributed by atoms with Gasteiger partial charge in [-0.2, -0.15) is 0 Å². The standard InChI is InChI=1S/C25H28ClN5O2S/c1-16(2)11-21-22(14-32)30(13-17-3-6-19-20(12-17)28-15-29-25(19)27)9-10-31(21)24(33)8-5-18-4-7-23(26)34-18/h3-8,12,14-16,21-22H,9-11,13H2,1-2H3,(H2,27,28,29)/t21-,22?/m0/s1. The van der Waals surface area contributed by atoms with E-state index in [9.17, 15) is 9.59 Å². The molecule has 178 valence electrons. The lowest BCUT2D eigenvalue weighted by molar-refractivity contribution is -0.136. The Labute approximate surface area is 208 Å². The van der Waals surface area contributed by atoms with E-state index in [1.807, 2.05) is 35.2 Å². The van der Waals surface area contributed by atoms with Gasteiger partial charge >= 0.3 is 0 Å². The normalized spacial score (nSPS) is 19.4. The minimum Gasteiger partial charge on any atom is -0.383 e. The zero-order valence-electron chi connectivity index (χ0n) is 19.2.